The molecule has 0 heterocycles. The van der Waals surface area contributed by atoms with Crippen LogP contribution in [-0.4, -0.2) is 11.7 Å². The van der Waals surface area contributed by atoms with Crippen LogP contribution in [0.2, 0.25) is 0 Å². The van der Waals surface area contributed by atoms with Gasteiger partial charge in [0.15, 0.2) is 0 Å². The summed E-state index contributed by atoms with van der Waals surface area (Å²) in [6, 6.07) is 7.69. The zero-order chi connectivity index (χ0) is 11.3. The van der Waals surface area contributed by atoms with Crippen LogP contribution in [0.5, 0.6) is 5.75 Å². The Hall–Kier alpha value is -1.02. The Morgan fingerprint density at radius 1 is 1.33 bits per heavy atom. The van der Waals surface area contributed by atoms with Crippen LogP contribution in [-0.2, 0) is 0 Å². The molecule has 15 heavy (non-hydrogen) atoms. The molecule has 0 aliphatic carbocycles. The molecule has 0 saturated heterocycles. The summed E-state index contributed by atoms with van der Waals surface area (Å²) in [6.45, 7) is 6.91. The monoisotopic (exact) mass is 208 g/mol. The first-order chi connectivity index (χ1) is 7.13. The van der Waals surface area contributed by atoms with Gasteiger partial charge in [-0.15, -0.1) is 0 Å². The molecule has 1 aromatic rings. The van der Waals surface area contributed by atoms with Crippen LogP contribution in [0.4, 0.5) is 0 Å². The highest BCUT2D eigenvalue weighted by Crippen LogP contribution is 2.21. The van der Waals surface area contributed by atoms with Gasteiger partial charge in [-0.05, 0) is 30.0 Å². The molecule has 0 amide bonds. The van der Waals surface area contributed by atoms with Crippen LogP contribution in [0.25, 0.3) is 0 Å². The van der Waals surface area contributed by atoms with Gasteiger partial charge < -0.3 is 9.84 Å². The Morgan fingerprint density at radius 2 is 2.07 bits per heavy atom. The van der Waals surface area contributed by atoms with Gasteiger partial charge in [0.1, 0.15) is 5.75 Å². The Bertz CT molecular complexity index is 294. The van der Waals surface area contributed by atoms with E-state index >= 15 is 0 Å². The Morgan fingerprint density at radius 3 is 2.67 bits per heavy atom. The molecule has 0 fully saturated rings. The number of ether oxygens (including phenoxy) is 1. The van der Waals surface area contributed by atoms with E-state index in [0.717, 1.165) is 17.7 Å². The lowest BCUT2D eigenvalue weighted by molar-refractivity contribution is 0.173. The summed E-state index contributed by atoms with van der Waals surface area (Å²) in [5, 5.41) is 9.68. The fourth-order valence-electron chi connectivity index (χ4n) is 1.31. The molecule has 0 saturated carbocycles. The summed E-state index contributed by atoms with van der Waals surface area (Å²) < 4.78 is 5.59. The van der Waals surface area contributed by atoms with Gasteiger partial charge in [0.2, 0.25) is 0 Å². The van der Waals surface area contributed by atoms with E-state index in [2.05, 4.69) is 13.8 Å². The topological polar surface area (TPSA) is 29.5 Å². The molecule has 0 aliphatic rings. The molecule has 2 heteroatoms. The van der Waals surface area contributed by atoms with Gasteiger partial charge in [-0.1, -0.05) is 32.9 Å². The second-order valence-corrected chi connectivity index (χ2v) is 4.20. The van der Waals surface area contributed by atoms with Crippen LogP contribution in [0.1, 0.15) is 38.9 Å². The molecule has 0 radical (unpaired) electrons. The second kappa shape index (κ2) is 5.76. The SMILES string of the molecule is CCC(O)c1cccc(OCC(C)C)c1. The maximum atomic E-state index is 9.68. The summed E-state index contributed by atoms with van der Waals surface area (Å²) in [6.07, 6.45) is 0.348. The van der Waals surface area contributed by atoms with Crippen molar-refractivity contribution in [2.75, 3.05) is 6.61 Å². The molecule has 1 rings (SSSR count). The van der Waals surface area contributed by atoms with Crippen molar-refractivity contribution in [3.8, 4) is 5.75 Å². The van der Waals surface area contributed by atoms with E-state index in [1.165, 1.54) is 0 Å². The zero-order valence-electron chi connectivity index (χ0n) is 9.73. The minimum absolute atomic E-state index is 0.382. The Balaban J connectivity index is 2.65. The van der Waals surface area contributed by atoms with Crippen molar-refractivity contribution in [2.24, 2.45) is 5.92 Å². The van der Waals surface area contributed by atoms with E-state index in [-0.39, 0.29) is 6.10 Å². The van der Waals surface area contributed by atoms with Crippen molar-refractivity contribution in [1.82, 2.24) is 0 Å². The minimum atomic E-state index is -0.382. The highest BCUT2D eigenvalue weighted by molar-refractivity contribution is 5.29. The van der Waals surface area contributed by atoms with Gasteiger partial charge in [-0.25, -0.2) is 0 Å². The van der Waals surface area contributed by atoms with Gasteiger partial charge in [-0.3, -0.25) is 0 Å². The summed E-state index contributed by atoms with van der Waals surface area (Å²) in [5.74, 6) is 1.36. The van der Waals surface area contributed by atoms with Crippen molar-refractivity contribution in [2.45, 2.75) is 33.3 Å². The quantitative estimate of drug-likeness (QED) is 0.805. The minimum Gasteiger partial charge on any atom is -0.493 e. The van der Waals surface area contributed by atoms with Crippen molar-refractivity contribution >= 4 is 0 Å². The van der Waals surface area contributed by atoms with E-state index in [9.17, 15) is 5.11 Å². The molecule has 1 aromatic carbocycles. The largest absolute Gasteiger partial charge is 0.493 e. The maximum Gasteiger partial charge on any atom is 0.119 e. The van der Waals surface area contributed by atoms with E-state index < -0.39 is 0 Å². The molecule has 84 valence electrons. The van der Waals surface area contributed by atoms with Crippen molar-refractivity contribution in [3.63, 3.8) is 0 Å². The first-order valence-electron chi connectivity index (χ1n) is 5.54. The summed E-state index contributed by atoms with van der Waals surface area (Å²) in [4.78, 5) is 0. The molecule has 0 aliphatic heterocycles. The molecule has 1 unspecified atom stereocenters. The lowest BCUT2D eigenvalue weighted by atomic mass is 10.1. The highest BCUT2D eigenvalue weighted by Gasteiger charge is 2.05. The molecule has 1 N–H and O–H groups in total. The summed E-state index contributed by atoms with van der Waals surface area (Å²) in [7, 11) is 0. The van der Waals surface area contributed by atoms with Gasteiger partial charge in [0.05, 0.1) is 12.7 Å². The van der Waals surface area contributed by atoms with Gasteiger partial charge in [0, 0.05) is 0 Å². The van der Waals surface area contributed by atoms with Crippen LogP contribution in [0, 0.1) is 5.92 Å². The number of benzene rings is 1. The van der Waals surface area contributed by atoms with Gasteiger partial charge in [0.25, 0.3) is 0 Å². The smallest absolute Gasteiger partial charge is 0.119 e. The zero-order valence-corrected chi connectivity index (χ0v) is 9.73. The van der Waals surface area contributed by atoms with Crippen molar-refractivity contribution in [3.05, 3.63) is 29.8 Å². The predicted octanol–water partition coefficient (Wildman–Crippen LogP) is 3.16. The van der Waals surface area contributed by atoms with Crippen LogP contribution in [0.3, 0.4) is 0 Å². The number of hydrogen-bond acceptors (Lipinski definition) is 2. The third kappa shape index (κ3) is 3.92. The molecule has 0 aromatic heterocycles. The molecular formula is C13H20O2. The van der Waals surface area contributed by atoms with Crippen molar-refractivity contribution < 1.29 is 9.84 Å². The van der Waals surface area contributed by atoms with Crippen molar-refractivity contribution in [1.29, 1.82) is 0 Å². The summed E-state index contributed by atoms with van der Waals surface area (Å²) in [5.41, 5.74) is 0.929. The average Bonchev–Trinajstić information content (AvgIpc) is 2.25. The fraction of sp³-hybridized carbons (Fsp3) is 0.538. The third-order valence-electron chi connectivity index (χ3n) is 2.21. The Labute approximate surface area is 91.9 Å². The number of hydrogen-bond donors (Lipinski definition) is 1. The molecule has 1 atom stereocenters. The van der Waals surface area contributed by atoms with E-state index in [0.29, 0.717) is 12.5 Å². The second-order valence-electron chi connectivity index (χ2n) is 4.20. The van der Waals surface area contributed by atoms with E-state index in [1.807, 2.05) is 31.2 Å². The van der Waals surface area contributed by atoms with Crippen LogP contribution in [0.15, 0.2) is 24.3 Å². The number of aliphatic hydroxyl groups excluding tert-OH is 1. The standard InChI is InChI=1S/C13H20O2/c1-4-13(14)11-6-5-7-12(8-11)15-9-10(2)3/h5-8,10,13-14H,4,9H2,1-3H3. The lowest BCUT2D eigenvalue weighted by Crippen LogP contribution is -2.05. The summed E-state index contributed by atoms with van der Waals surface area (Å²) >= 11 is 0. The van der Waals surface area contributed by atoms with E-state index in [4.69, 9.17) is 4.74 Å². The fourth-order valence-corrected chi connectivity index (χ4v) is 1.31. The molecular weight excluding hydrogens is 188 g/mol. The molecule has 0 spiro atoms. The number of aliphatic hydroxyl groups is 1. The van der Waals surface area contributed by atoms with Gasteiger partial charge in [-0.2, -0.15) is 0 Å². The lowest BCUT2D eigenvalue weighted by Gasteiger charge is -2.12. The molecule has 2 nitrogen and oxygen atoms in total. The first kappa shape index (κ1) is 12.1. The van der Waals surface area contributed by atoms with Crippen LogP contribution >= 0.6 is 0 Å². The van der Waals surface area contributed by atoms with E-state index in [1.54, 1.807) is 0 Å². The first-order valence-corrected chi connectivity index (χ1v) is 5.54. The van der Waals surface area contributed by atoms with Crippen LogP contribution < -0.4 is 4.74 Å². The predicted molar refractivity (Wildman–Crippen MR) is 62.0 cm³/mol. The third-order valence-corrected chi connectivity index (χ3v) is 2.21. The maximum absolute atomic E-state index is 9.68. The molecule has 0 bridgehead atoms. The van der Waals surface area contributed by atoms with Gasteiger partial charge >= 0.3 is 0 Å². The number of rotatable bonds is 5. The Kier molecular flexibility index (Phi) is 4.63. The normalized spacial score (nSPS) is 12.9. The average molecular weight is 208 g/mol. The highest BCUT2D eigenvalue weighted by atomic mass is 16.5.